The quantitative estimate of drug-likeness (QED) is 0.839. The molecule has 3 rings (SSSR count). The smallest absolute Gasteiger partial charge is 0.243 e. The molecule has 2 aliphatic rings. The fourth-order valence-corrected chi connectivity index (χ4v) is 6.01. The minimum absolute atomic E-state index is 0.0880. The molecular formula is C18H26N2O3S. The van der Waals surface area contributed by atoms with Crippen LogP contribution in [0.3, 0.4) is 0 Å². The fourth-order valence-electron chi connectivity index (χ4n) is 4.09. The topological polar surface area (TPSA) is 57.7 Å². The van der Waals surface area contributed by atoms with Crippen LogP contribution in [-0.2, 0) is 21.2 Å². The van der Waals surface area contributed by atoms with Crippen LogP contribution in [0.5, 0.6) is 0 Å². The molecule has 0 unspecified atom stereocenters. The predicted molar refractivity (Wildman–Crippen MR) is 94.8 cm³/mol. The van der Waals surface area contributed by atoms with Crippen molar-refractivity contribution in [1.29, 1.82) is 0 Å². The molecule has 24 heavy (non-hydrogen) atoms. The number of benzene rings is 1. The Balaban J connectivity index is 2.17. The number of rotatable bonds is 4. The monoisotopic (exact) mass is 350 g/mol. The number of aryl methyl sites for hydroxylation is 1. The van der Waals surface area contributed by atoms with Crippen LogP contribution in [0.2, 0.25) is 0 Å². The number of anilines is 1. The van der Waals surface area contributed by atoms with Crippen LogP contribution >= 0.6 is 0 Å². The first-order valence-corrected chi connectivity index (χ1v) is 10.1. The van der Waals surface area contributed by atoms with Gasteiger partial charge in [0.2, 0.25) is 15.9 Å². The second kappa shape index (κ2) is 5.85. The first-order chi connectivity index (χ1) is 11.2. The van der Waals surface area contributed by atoms with Gasteiger partial charge in [-0.1, -0.05) is 0 Å². The van der Waals surface area contributed by atoms with E-state index in [1.807, 2.05) is 39.5 Å². The summed E-state index contributed by atoms with van der Waals surface area (Å²) in [5.74, 6) is -0.177. The van der Waals surface area contributed by atoms with Gasteiger partial charge in [0.1, 0.15) is 0 Å². The molecule has 132 valence electrons. The van der Waals surface area contributed by atoms with E-state index in [9.17, 15) is 13.2 Å². The Morgan fingerprint density at radius 3 is 2.38 bits per heavy atom. The molecular weight excluding hydrogens is 324 g/mol. The van der Waals surface area contributed by atoms with Gasteiger partial charge >= 0.3 is 0 Å². The van der Waals surface area contributed by atoms with Crippen LogP contribution in [0.1, 0.15) is 58.1 Å². The van der Waals surface area contributed by atoms with E-state index in [0.717, 1.165) is 36.2 Å². The number of hydrogen-bond acceptors (Lipinski definition) is 3. The lowest BCUT2D eigenvalue weighted by molar-refractivity contribution is -0.119. The van der Waals surface area contributed by atoms with Gasteiger partial charge in [-0.25, -0.2) is 8.42 Å². The van der Waals surface area contributed by atoms with Gasteiger partial charge in [-0.2, -0.15) is 4.31 Å². The summed E-state index contributed by atoms with van der Waals surface area (Å²) in [7, 11) is -3.58. The van der Waals surface area contributed by atoms with Crippen molar-refractivity contribution in [2.45, 2.75) is 70.4 Å². The second-order valence-electron chi connectivity index (χ2n) is 7.36. The SMILES string of the molecule is CC(C)N(C(C)C)S(=O)(=O)c1cc2c3c(c1)[C@@H](C)C(=O)N3CCC2. The Bertz CT molecular complexity index is 776. The normalized spacial score (nSPS) is 20.4. The van der Waals surface area contributed by atoms with Crippen molar-refractivity contribution in [1.82, 2.24) is 4.31 Å². The summed E-state index contributed by atoms with van der Waals surface area (Å²) in [6.07, 6.45) is 1.71. The number of amides is 1. The highest BCUT2D eigenvalue weighted by atomic mass is 32.2. The highest BCUT2D eigenvalue weighted by molar-refractivity contribution is 7.89. The number of nitrogens with zero attached hydrogens (tertiary/aromatic N) is 2. The van der Waals surface area contributed by atoms with Crippen molar-refractivity contribution < 1.29 is 13.2 Å². The maximum absolute atomic E-state index is 13.2. The van der Waals surface area contributed by atoms with Crippen molar-refractivity contribution in [2.75, 3.05) is 11.4 Å². The Morgan fingerprint density at radius 1 is 1.17 bits per heavy atom. The molecule has 0 fully saturated rings. The third kappa shape index (κ3) is 2.47. The van der Waals surface area contributed by atoms with Crippen molar-refractivity contribution in [3.63, 3.8) is 0 Å². The Kier molecular flexibility index (Phi) is 4.24. The van der Waals surface area contributed by atoms with E-state index in [1.54, 1.807) is 16.4 Å². The van der Waals surface area contributed by atoms with E-state index in [2.05, 4.69) is 0 Å². The second-order valence-corrected chi connectivity index (χ2v) is 9.20. The van der Waals surface area contributed by atoms with Crippen LogP contribution in [-0.4, -0.2) is 37.3 Å². The van der Waals surface area contributed by atoms with Crippen molar-refractivity contribution in [3.8, 4) is 0 Å². The molecule has 0 aromatic heterocycles. The molecule has 1 atom stereocenters. The van der Waals surface area contributed by atoms with Gasteiger partial charge in [0.25, 0.3) is 0 Å². The van der Waals surface area contributed by atoms with Gasteiger partial charge in [-0.15, -0.1) is 0 Å². The molecule has 0 spiro atoms. The molecule has 6 heteroatoms. The first kappa shape index (κ1) is 17.4. The summed E-state index contributed by atoms with van der Waals surface area (Å²) in [4.78, 5) is 14.6. The van der Waals surface area contributed by atoms with Crippen LogP contribution in [0.15, 0.2) is 17.0 Å². The number of hydrogen-bond donors (Lipinski definition) is 0. The standard InChI is InChI=1S/C18H26N2O3S/c1-11(2)20(12(3)4)24(22,23)15-9-14-7-6-8-19-17(14)16(10-15)13(5)18(19)21/h9-13H,6-8H2,1-5H3/t13-/m1/s1. The first-order valence-electron chi connectivity index (χ1n) is 8.68. The van der Waals surface area contributed by atoms with E-state index in [1.165, 1.54) is 0 Å². The van der Waals surface area contributed by atoms with E-state index in [0.29, 0.717) is 4.90 Å². The van der Waals surface area contributed by atoms with Crippen molar-refractivity contribution in [2.24, 2.45) is 0 Å². The van der Waals surface area contributed by atoms with Gasteiger partial charge in [-0.3, -0.25) is 4.79 Å². The summed E-state index contributed by atoms with van der Waals surface area (Å²) in [5.41, 5.74) is 2.81. The summed E-state index contributed by atoms with van der Waals surface area (Å²) >= 11 is 0. The molecule has 0 aliphatic carbocycles. The van der Waals surface area contributed by atoms with E-state index < -0.39 is 10.0 Å². The van der Waals surface area contributed by atoms with Crippen LogP contribution < -0.4 is 4.90 Å². The van der Waals surface area contributed by atoms with Gasteiger partial charge in [0, 0.05) is 18.6 Å². The van der Waals surface area contributed by atoms with E-state index >= 15 is 0 Å². The zero-order chi connectivity index (χ0) is 17.8. The molecule has 0 N–H and O–H groups in total. The molecule has 1 aromatic rings. The molecule has 2 aliphatic heterocycles. The molecule has 0 bridgehead atoms. The molecule has 0 radical (unpaired) electrons. The highest BCUT2D eigenvalue weighted by Crippen LogP contribution is 2.44. The minimum atomic E-state index is -3.58. The zero-order valence-electron chi connectivity index (χ0n) is 15.0. The molecule has 1 aromatic carbocycles. The molecule has 0 saturated heterocycles. The fraction of sp³-hybridized carbons (Fsp3) is 0.611. The van der Waals surface area contributed by atoms with E-state index in [4.69, 9.17) is 0 Å². The molecule has 5 nitrogen and oxygen atoms in total. The largest absolute Gasteiger partial charge is 0.311 e. The Morgan fingerprint density at radius 2 is 1.79 bits per heavy atom. The number of sulfonamides is 1. The highest BCUT2D eigenvalue weighted by Gasteiger charge is 2.40. The molecule has 0 saturated carbocycles. The lowest BCUT2D eigenvalue weighted by Gasteiger charge is -2.31. The number of carbonyl (C=O) groups is 1. The average molecular weight is 350 g/mol. The van der Waals surface area contributed by atoms with Gasteiger partial charge in [-0.05, 0) is 70.7 Å². The maximum atomic E-state index is 13.2. The lowest BCUT2D eigenvalue weighted by atomic mass is 9.97. The minimum Gasteiger partial charge on any atom is -0.311 e. The average Bonchev–Trinajstić information content (AvgIpc) is 2.73. The van der Waals surface area contributed by atoms with Gasteiger partial charge < -0.3 is 4.90 Å². The summed E-state index contributed by atoms with van der Waals surface area (Å²) in [6.45, 7) is 10.2. The predicted octanol–water partition coefficient (Wildman–Crippen LogP) is 2.89. The third-order valence-corrected chi connectivity index (χ3v) is 7.22. The van der Waals surface area contributed by atoms with Crippen LogP contribution in [0, 0.1) is 0 Å². The Labute approximate surface area is 144 Å². The van der Waals surface area contributed by atoms with Crippen LogP contribution in [0.4, 0.5) is 5.69 Å². The molecule has 2 heterocycles. The maximum Gasteiger partial charge on any atom is 0.243 e. The summed E-state index contributed by atoms with van der Waals surface area (Å²) in [6, 6.07) is 3.27. The van der Waals surface area contributed by atoms with Gasteiger partial charge in [0.05, 0.1) is 16.5 Å². The summed E-state index contributed by atoms with van der Waals surface area (Å²) in [5, 5.41) is 0. The third-order valence-electron chi connectivity index (χ3n) is 4.99. The lowest BCUT2D eigenvalue weighted by Crippen LogP contribution is -2.42. The summed E-state index contributed by atoms with van der Waals surface area (Å²) < 4.78 is 27.9. The van der Waals surface area contributed by atoms with Gasteiger partial charge in [0.15, 0.2) is 0 Å². The zero-order valence-corrected chi connectivity index (χ0v) is 15.9. The number of carbonyl (C=O) groups excluding carboxylic acids is 1. The van der Waals surface area contributed by atoms with Crippen molar-refractivity contribution >= 4 is 21.6 Å². The molecule has 1 amide bonds. The van der Waals surface area contributed by atoms with E-state index in [-0.39, 0.29) is 23.9 Å². The van der Waals surface area contributed by atoms with Crippen LogP contribution in [0.25, 0.3) is 0 Å². The van der Waals surface area contributed by atoms with Crippen molar-refractivity contribution in [3.05, 3.63) is 23.3 Å². The Hall–Kier alpha value is -1.40.